The number of benzene rings is 1. The topological polar surface area (TPSA) is 68.2 Å². The van der Waals surface area contributed by atoms with E-state index in [-0.39, 0.29) is 5.91 Å². The highest BCUT2D eigenvalue weighted by molar-refractivity contribution is 7.09. The summed E-state index contributed by atoms with van der Waals surface area (Å²) in [7, 11) is 3.38. The molecule has 0 N–H and O–H groups in total. The number of thiazole rings is 1. The molecule has 7 heteroatoms. The maximum atomic E-state index is 12.6. The van der Waals surface area contributed by atoms with Crippen molar-refractivity contribution < 1.29 is 9.53 Å². The molecule has 0 saturated heterocycles. The largest absolute Gasteiger partial charge is 0.479 e. The Hall–Kier alpha value is -2.80. The predicted octanol–water partition coefficient (Wildman–Crippen LogP) is 3.23. The number of amides is 1. The van der Waals surface area contributed by atoms with E-state index in [1.54, 1.807) is 47.9 Å². The second-order valence-electron chi connectivity index (χ2n) is 5.83. The van der Waals surface area contributed by atoms with Crippen LogP contribution in [0.25, 0.3) is 11.3 Å². The zero-order valence-electron chi connectivity index (χ0n) is 15.0. The maximum absolute atomic E-state index is 12.6. The van der Waals surface area contributed by atoms with Crippen molar-refractivity contribution in [2.24, 2.45) is 0 Å². The molecule has 3 rings (SSSR count). The molecule has 0 atom stereocenters. The van der Waals surface area contributed by atoms with Crippen LogP contribution in [0, 0.1) is 6.92 Å². The van der Waals surface area contributed by atoms with Gasteiger partial charge in [0.15, 0.2) is 0 Å². The average Bonchev–Trinajstić information content (AvgIpc) is 3.10. The number of hydrogen-bond donors (Lipinski definition) is 0. The lowest BCUT2D eigenvalue weighted by Crippen LogP contribution is -2.28. The Labute approximate surface area is 156 Å². The van der Waals surface area contributed by atoms with Gasteiger partial charge in [0.1, 0.15) is 5.69 Å². The van der Waals surface area contributed by atoms with Gasteiger partial charge in [-0.1, -0.05) is 12.1 Å². The third-order valence-corrected chi connectivity index (χ3v) is 5.12. The van der Waals surface area contributed by atoms with Gasteiger partial charge in [-0.25, -0.2) is 15.0 Å². The molecule has 134 valence electrons. The fourth-order valence-electron chi connectivity index (χ4n) is 2.60. The van der Waals surface area contributed by atoms with E-state index in [0.29, 0.717) is 23.7 Å². The molecule has 2 aromatic heterocycles. The minimum Gasteiger partial charge on any atom is -0.479 e. The number of aryl methyl sites for hydroxylation is 1. The van der Waals surface area contributed by atoms with Gasteiger partial charge in [-0.15, -0.1) is 11.3 Å². The molecule has 0 aliphatic rings. The van der Waals surface area contributed by atoms with Gasteiger partial charge in [0, 0.05) is 48.4 Å². The van der Waals surface area contributed by atoms with E-state index < -0.39 is 0 Å². The van der Waals surface area contributed by atoms with Gasteiger partial charge in [-0.2, -0.15) is 0 Å². The molecule has 2 heterocycles. The van der Waals surface area contributed by atoms with Crippen LogP contribution in [0.4, 0.5) is 0 Å². The van der Waals surface area contributed by atoms with Gasteiger partial charge in [-0.05, 0) is 19.1 Å². The number of hydrogen-bond acceptors (Lipinski definition) is 6. The fourth-order valence-corrected chi connectivity index (χ4v) is 3.37. The van der Waals surface area contributed by atoms with E-state index in [0.717, 1.165) is 17.7 Å². The zero-order valence-corrected chi connectivity index (χ0v) is 15.8. The number of carbonyl (C=O) groups is 1. The molecule has 0 unspecified atom stereocenters. The number of aromatic nitrogens is 3. The lowest BCUT2D eigenvalue weighted by atomic mass is 10.1. The van der Waals surface area contributed by atoms with Crippen LogP contribution < -0.4 is 4.74 Å². The first-order chi connectivity index (χ1) is 12.6. The van der Waals surface area contributed by atoms with E-state index in [1.807, 2.05) is 31.6 Å². The highest BCUT2D eigenvalue weighted by Gasteiger charge is 2.14. The lowest BCUT2D eigenvalue weighted by molar-refractivity contribution is 0.0797. The van der Waals surface area contributed by atoms with Gasteiger partial charge in [0.2, 0.25) is 5.88 Å². The van der Waals surface area contributed by atoms with Crippen LogP contribution in [0.1, 0.15) is 20.9 Å². The molecule has 0 spiro atoms. The van der Waals surface area contributed by atoms with Crippen molar-refractivity contribution in [2.75, 3.05) is 20.7 Å². The van der Waals surface area contributed by atoms with Crippen molar-refractivity contribution in [3.05, 3.63) is 58.3 Å². The summed E-state index contributed by atoms with van der Waals surface area (Å²) in [6.45, 7) is 2.65. The number of nitrogens with zero attached hydrogens (tertiary/aromatic N) is 4. The predicted molar refractivity (Wildman–Crippen MR) is 102 cm³/mol. The molecule has 0 aliphatic carbocycles. The number of rotatable bonds is 6. The first-order valence-corrected chi connectivity index (χ1v) is 9.08. The highest BCUT2D eigenvalue weighted by Crippen LogP contribution is 2.25. The molecule has 0 bridgehead atoms. The minimum absolute atomic E-state index is 0.00942. The molecule has 3 aromatic rings. The third kappa shape index (κ3) is 3.88. The van der Waals surface area contributed by atoms with Gasteiger partial charge >= 0.3 is 0 Å². The lowest BCUT2D eigenvalue weighted by Gasteiger charge is -2.17. The van der Waals surface area contributed by atoms with Crippen LogP contribution >= 0.6 is 11.3 Å². The SMILES string of the molecule is COc1nccnc1-c1ccc(C(=O)N(C)CCc2scnc2C)cc1. The number of methoxy groups -OCH3 is 1. The second kappa shape index (κ2) is 8.05. The van der Waals surface area contributed by atoms with Crippen LogP contribution in [-0.4, -0.2) is 46.5 Å². The van der Waals surface area contributed by atoms with Crippen LogP contribution in [-0.2, 0) is 6.42 Å². The molecule has 0 radical (unpaired) electrons. The number of likely N-dealkylation sites (N-methyl/N-ethyl adjacent to an activating group) is 1. The van der Waals surface area contributed by atoms with Gasteiger partial charge in [0.25, 0.3) is 5.91 Å². The number of ether oxygens (including phenoxy) is 1. The molecule has 0 fully saturated rings. The Morgan fingerprint density at radius 2 is 1.88 bits per heavy atom. The summed E-state index contributed by atoms with van der Waals surface area (Å²) in [5.74, 6) is 0.452. The van der Waals surface area contributed by atoms with Crippen LogP contribution in [0.15, 0.2) is 42.2 Å². The molecule has 1 aromatic carbocycles. The molecular weight excluding hydrogens is 348 g/mol. The quantitative estimate of drug-likeness (QED) is 0.668. The molecule has 0 saturated carbocycles. The first kappa shape index (κ1) is 18.0. The summed E-state index contributed by atoms with van der Waals surface area (Å²) in [6, 6.07) is 7.34. The monoisotopic (exact) mass is 368 g/mol. The van der Waals surface area contributed by atoms with Gasteiger partial charge in [0.05, 0.1) is 18.3 Å². The third-order valence-electron chi connectivity index (χ3n) is 4.13. The Morgan fingerprint density at radius 3 is 2.54 bits per heavy atom. The highest BCUT2D eigenvalue weighted by atomic mass is 32.1. The Bertz CT molecular complexity index is 893. The summed E-state index contributed by atoms with van der Waals surface area (Å²) in [4.78, 5) is 28.3. The molecule has 6 nitrogen and oxygen atoms in total. The van der Waals surface area contributed by atoms with E-state index in [4.69, 9.17) is 4.74 Å². The zero-order chi connectivity index (χ0) is 18.5. The molecule has 26 heavy (non-hydrogen) atoms. The van der Waals surface area contributed by atoms with Crippen molar-refractivity contribution >= 4 is 17.2 Å². The van der Waals surface area contributed by atoms with Crippen LogP contribution in [0.2, 0.25) is 0 Å². The molecule has 0 aliphatic heterocycles. The smallest absolute Gasteiger partial charge is 0.253 e. The van der Waals surface area contributed by atoms with Crippen molar-refractivity contribution in [1.82, 2.24) is 19.9 Å². The van der Waals surface area contributed by atoms with Crippen LogP contribution in [0.5, 0.6) is 5.88 Å². The van der Waals surface area contributed by atoms with Gasteiger partial charge < -0.3 is 9.64 Å². The van der Waals surface area contributed by atoms with E-state index >= 15 is 0 Å². The van der Waals surface area contributed by atoms with E-state index in [2.05, 4.69) is 15.0 Å². The fraction of sp³-hybridized carbons (Fsp3) is 0.263. The molecular formula is C19H20N4O2S. The number of carbonyl (C=O) groups excluding carboxylic acids is 1. The summed E-state index contributed by atoms with van der Waals surface area (Å²) < 4.78 is 5.24. The summed E-state index contributed by atoms with van der Waals surface area (Å²) in [5.41, 5.74) is 5.03. The second-order valence-corrected chi connectivity index (χ2v) is 6.77. The van der Waals surface area contributed by atoms with Crippen molar-refractivity contribution in [3.63, 3.8) is 0 Å². The Kier molecular flexibility index (Phi) is 5.58. The maximum Gasteiger partial charge on any atom is 0.253 e. The van der Waals surface area contributed by atoms with Crippen molar-refractivity contribution in [1.29, 1.82) is 0 Å². The summed E-state index contributed by atoms with van der Waals surface area (Å²) in [5, 5.41) is 0. The Balaban J connectivity index is 1.69. The van der Waals surface area contributed by atoms with Gasteiger partial charge in [-0.3, -0.25) is 4.79 Å². The molecule has 1 amide bonds. The van der Waals surface area contributed by atoms with Crippen LogP contribution in [0.3, 0.4) is 0 Å². The van der Waals surface area contributed by atoms with Crippen molar-refractivity contribution in [3.8, 4) is 17.1 Å². The Morgan fingerprint density at radius 1 is 1.15 bits per heavy atom. The standard InChI is InChI=1S/C19H20N4O2S/c1-13-16(26-12-22-13)8-11-23(2)19(24)15-6-4-14(5-7-15)17-18(25-3)21-10-9-20-17/h4-7,9-10,12H,8,11H2,1-3H3. The average molecular weight is 368 g/mol. The summed E-state index contributed by atoms with van der Waals surface area (Å²) >= 11 is 1.63. The van der Waals surface area contributed by atoms with E-state index in [1.165, 1.54) is 4.88 Å². The summed E-state index contributed by atoms with van der Waals surface area (Å²) in [6.07, 6.45) is 4.01. The van der Waals surface area contributed by atoms with Crippen molar-refractivity contribution in [2.45, 2.75) is 13.3 Å². The normalized spacial score (nSPS) is 10.6. The van der Waals surface area contributed by atoms with E-state index in [9.17, 15) is 4.79 Å². The minimum atomic E-state index is -0.00942. The first-order valence-electron chi connectivity index (χ1n) is 8.20.